The first-order valence-corrected chi connectivity index (χ1v) is 7.78. The summed E-state index contributed by atoms with van der Waals surface area (Å²) in [5.74, 6) is 0.133. The maximum absolute atomic E-state index is 13.5. The SMILES string of the molecule is CC(C)CCNC(=O)c1ccc(NCc2ccccc2F)cn1. The molecule has 0 radical (unpaired) electrons. The Labute approximate surface area is 136 Å². The molecule has 0 saturated carbocycles. The number of halogens is 1. The van der Waals surface area contributed by atoms with Crippen molar-refractivity contribution in [1.82, 2.24) is 10.3 Å². The van der Waals surface area contributed by atoms with Gasteiger partial charge in [-0.05, 0) is 30.5 Å². The van der Waals surface area contributed by atoms with Crippen molar-refractivity contribution in [2.24, 2.45) is 5.92 Å². The molecule has 1 amide bonds. The summed E-state index contributed by atoms with van der Waals surface area (Å²) in [6.07, 6.45) is 2.52. The van der Waals surface area contributed by atoms with Crippen molar-refractivity contribution in [2.75, 3.05) is 11.9 Å². The van der Waals surface area contributed by atoms with E-state index in [4.69, 9.17) is 0 Å². The van der Waals surface area contributed by atoms with Crippen LogP contribution in [0.15, 0.2) is 42.6 Å². The molecule has 4 nitrogen and oxygen atoms in total. The average Bonchev–Trinajstić information content (AvgIpc) is 2.54. The molecule has 0 saturated heterocycles. The van der Waals surface area contributed by atoms with Crippen LogP contribution >= 0.6 is 0 Å². The first kappa shape index (κ1) is 16.9. The molecule has 0 atom stereocenters. The highest BCUT2D eigenvalue weighted by molar-refractivity contribution is 5.92. The van der Waals surface area contributed by atoms with Crippen LogP contribution in [0.5, 0.6) is 0 Å². The van der Waals surface area contributed by atoms with Gasteiger partial charge in [-0.1, -0.05) is 32.0 Å². The van der Waals surface area contributed by atoms with Crippen LogP contribution in [0, 0.1) is 11.7 Å². The second kappa shape index (κ2) is 8.27. The lowest BCUT2D eigenvalue weighted by molar-refractivity contribution is 0.0947. The molecule has 2 rings (SSSR count). The number of benzene rings is 1. The topological polar surface area (TPSA) is 54.0 Å². The van der Waals surface area contributed by atoms with E-state index < -0.39 is 0 Å². The second-order valence-corrected chi connectivity index (χ2v) is 5.82. The van der Waals surface area contributed by atoms with E-state index in [1.54, 1.807) is 36.5 Å². The lowest BCUT2D eigenvalue weighted by Gasteiger charge is -2.09. The fourth-order valence-corrected chi connectivity index (χ4v) is 2.04. The van der Waals surface area contributed by atoms with E-state index in [1.165, 1.54) is 6.07 Å². The number of rotatable bonds is 7. The molecule has 1 aromatic heterocycles. The van der Waals surface area contributed by atoms with E-state index in [9.17, 15) is 9.18 Å². The summed E-state index contributed by atoms with van der Waals surface area (Å²) in [6, 6.07) is 10.0. The van der Waals surface area contributed by atoms with Gasteiger partial charge in [0.05, 0.1) is 11.9 Å². The third-order valence-corrected chi connectivity index (χ3v) is 3.44. The van der Waals surface area contributed by atoms with Crippen LogP contribution in [0.3, 0.4) is 0 Å². The molecule has 122 valence electrons. The Balaban J connectivity index is 1.87. The molecule has 2 N–H and O–H groups in total. The standard InChI is InChI=1S/C18H22FN3O/c1-13(2)9-10-20-18(23)17-8-7-15(12-22-17)21-11-14-5-3-4-6-16(14)19/h3-8,12-13,21H,9-11H2,1-2H3,(H,20,23). The van der Waals surface area contributed by atoms with Gasteiger partial charge in [-0.25, -0.2) is 9.37 Å². The van der Waals surface area contributed by atoms with E-state index in [-0.39, 0.29) is 11.7 Å². The summed E-state index contributed by atoms with van der Waals surface area (Å²) in [7, 11) is 0. The van der Waals surface area contributed by atoms with Gasteiger partial charge in [-0.15, -0.1) is 0 Å². The average molecular weight is 315 g/mol. The third kappa shape index (κ3) is 5.36. The predicted octanol–water partition coefficient (Wildman–Crippen LogP) is 3.61. The van der Waals surface area contributed by atoms with Crippen LogP contribution in [-0.2, 0) is 6.54 Å². The van der Waals surface area contributed by atoms with Gasteiger partial charge in [0.25, 0.3) is 5.91 Å². The molecule has 2 aromatic rings. The molecule has 1 aromatic carbocycles. The largest absolute Gasteiger partial charge is 0.380 e. The van der Waals surface area contributed by atoms with Gasteiger partial charge in [0.15, 0.2) is 0 Å². The molecule has 0 aliphatic heterocycles. The fourth-order valence-electron chi connectivity index (χ4n) is 2.04. The summed E-state index contributed by atoms with van der Waals surface area (Å²) in [5, 5.41) is 5.94. The van der Waals surface area contributed by atoms with Crippen LogP contribution in [0.25, 0.3) is 0 Å². The number of nitrogens with one attached hydrogen (secondary N) is 2. The highest BCUT2D eigenvalue weighted by atomic mass is 19.1. The molecule has 0 unspecified atom stereocenters. The van der Waals surface area contributed by atoms with Gasteiger partial charge in [0.2, 0.25) is 0 Å². The number of hydrogen-bond acceptors (Lipinski definition) is 3. The third-order valence-electron chi connectivity index (χ3n) is 3.44. The zero-order chi connectivity index (χ0) is 16.7. The summed E-state index contributed by atoms with van der Waals surface area (Å²) in [4.78, 5) is 16.1. The fraction of sp³-hybridized carbons (Fsp3) is 0.333. The van der Waals surface area contributed by atoms with Gasteiger partial charge < -0.3 is 10.6 Å². The zero-order valence-corrected chi connectivity index (χ0v) is 13.5. The van der Waals surface area contributed by atoms with Gasteiger partial charge >= 0.3 is 0 Å². The smallest absolute Gasteiger partial charge is 0.269 e. The molecular formula is C18H22FN3O. The van der Waals surface area contributed by atoms with E-state index in [1.807, 2.05) is 0 Å². The number of carbonyl (C=O) groups is 1. The van der Waals surface area contributed by atoms with Gasteiger partial charge in [-0.2, -0.15) is 0 Å². The zero-order valence-electron chi connectivity index (χ0n) is 13.5. The number of anilines is 1. The lowest BCUT2D eigenvalue weighted by atomic mass is 10.1. The number of hydrogen-bond donors (Lipinski definition) is 2. The highest BCUT2D eigenvalue weighted by Crippen LogP contribution is 2.11. The molecule has 5 heteroatoms. The van der Waals surface area contributed by atoms with Crippen LogP contribution in [0.4, 0.5) is 10.1 Å². The molecule has 0 fully saturated rings. The first-order chi connectivity index (χ1) is 11.1. The molecule has 23 heavy (non-hydrogen) atoms. The van der Waals surface area contributed by atoms with E-state index in [2.05, 4.69) is 29.5 Å². The maximum atomic E-state index is 13.5. The minimum absolute atomic E-state index is 0.175. The van der Waals surface area contributed by atoms with Crippen molar-refractivity contribution < 1.29 is 9.18 Å². The van der Waals surface area contributed by atoms with Crippen molar-refractivity contribution in [3.8, 4) is 0 Å². The Hall–Kier alpha value is -2.43. The molecular weight excluding hydrogens is 293 g/mol. The Bertz CT molecular complexity index is 641. The van der Waals surface area contributed by atoms with Crippen molar-refractivity contribution in [3.05, 3.63) is 59.7 Å². The molecule has 0 aliphatic carbocycles. The normalized spacial score (nSPS) is 10.6. The van der Waals surface area contributed by atoms with Crippen LogP contribution in [0.2, 0.25) is 0 Å². The molecule has 0 aliphatic rings. The van der Waals surface area contributed by atoms with E-state index in [0.717, 1.165) is 12.1 Å². The quantitative estimate of drug-likeness (QED) is 0.820. The van der Waals surface area contributed by atoms with Crippen molar-refractivity contribution in [3.63, 3.8) is 0 Å². The van der Waals surface area contributed by atoms with Crippen molar-refractivity contribution in [2.45, 2.75) is 26.8 Å². The van der Waals surface area contributed by atoms with E-state index >= 15 is 0 Å². The molecule has 0 bridgehead atoms. The molecule has 1 heterocycles. The Morgan fingerprint density at radius 2 is 2.00 bits per heavy atom. The van der Waals surface area contributed by atoms with Crippen LogP contribution in [-0.4, -0.2) is 17.4 Å². The number of pyridine rings is 1. The number of amides is 1. The monoisotopic (exact) mass is 315 g/mol. The number of aromatic nitrogens is 1. The minimum atomic E-state index is -0.242. The molecule has 0 spiro atoms. The van der Waals surface area contributed by atoms with Crippen molar-refractivity contribution in [1.29, 1.82) is 0 Å². The van der Waals surface area contributed by atoms with Crippen LogP contribution in [0.1, 0.15) is 36.3 Å². The second-order valence-electron chi connectivity index (χ2n) is 5.82. The van der Waals surface area contributed by atoms with Gasteiger partial charge in [-0.3, -0.25) is 4.79 Å². The number of carbonyl (C=O) groups excluding carboxylic acids is 1. The van der Waals surface area contributed by atoms with Crippen molar-refractivity contribution >= 4 is 11.6 Å². The summed E-state index contributed by atoms with van der Waals surface area (Å²) in [5.41, 5.74) is 1.71. The Kier molecular flexibility index (Phi) is 6.09. The Morgan fingerprint density at radius 1 is 1.22 bits per heavy atom. The Morgan fingerprint density at radius 3 is 2.65 bits per heavy atom. The summed E-state index contributed by atoms with van der Waals surface area (Å²) in [6.45, 7) is 5.24. The predicted molar refractivity (Wildman–Crippen MR) is 89.8 cm³/mol. The highest BCUT2D eigenvalue weighted by Gasteiger charge is 2.07. The lowest BCUT2D eigenvalue weighted by Crippen LogP contribution is -2.26. The number of nitrogens with zero attached hydrogens (tertiary/aromatic N) is 1. The minimum Gasteiger partial charge on any atom is -0.380 e. The maximum Gasteiger partial charge on any atom is 0.269 e. The summed E-state index contributed by atoms with van der Waals surface area (Å²) < 4.78 is 13.5. The summed E-state index contributed by atoms with van der Waals surface area (Å²) >= 11 is 0. The van der Waals surface area contributed by atoms with Gasteiger partial charge in [0, 0.05) is 18.7 Å². The van der Waals surface area contributed by atoms with Gasteiger partial charge in [0.1, 0.15) is 11.5 Å². The van der Waals surface area contributed by atoms with Crippen LogP contribution < -0.4 is 10.6 Å². The first-order valence-electron chi connectivity index (χ1n) is 7.78. The van der Waals surface area contributed by atoms with E-state index in [0.29, 0.717) is 30.3 Å².